The molecule has 4 aliphatic carbocycles. The lowest BCUT2D eigenvalue weighted by atomic mass is 9.49. The zero-order valence-electron chi connectivity index (χ0n) is 11.0. The van der Waals surface area contributed by atoms with Crippen LogP contribution >= 0.6 is 11.6 Å². The van der Waals surface area contributed by atoms with E-state index in [1.54, 1.807) is 0 Å². The lowest BCUT2D eigenvalue weighted by Gasteiger charge is -2.58. The van der Waals surface area contributed by atoms with Crippen molar-refractivity contribution in [2.45, 2.75) is 43.4 Å². The van der Waals surface area contributed by atoms with Gasteiger partial charge in [0.15, 0.2) is 0 Å². The van der Waals surface area contributed by atoms with Crippen LogP contribution in [0.2, 0.25) is 0 Å². The second kappa shape index (κ2) is 4.27. The Balaban J connectivity index is 1.73. The zero-order valence-corrected chi connectivity index (χ0v) is 11.8. The fourth-order valence-corrected chi connectivity index (χ4v) is 5.40. The molecule has 4 rings (SSSR count). The van der Waals surface area contributed by atoms with E-state index in [4.69, 9.17) is 11.6 Å². The minimum absolute atomic E-state index is 0.114. The molecule has 0 aromatic heterocycles. The highest BCUT2D eigenvalue weighted by atomic mass is 35.5. The summed E-state index contributed by atoms with van der Waals surface area (Å²) in [6.07, 6.45) is 5.13. The molecule has 0 aliphatic heterocycles. The number of hydrogen-bond donors (Lipinski definition) is 2. The van der Waals surface area contributed by atoms with Crippen molar-refractivity contribution in [3.05, 3.63) is 0 Å². The molecule has 0 heterocycles. The third-order valence-corrected chi connectivity index (χ3v) is 5.38. The van der Waals surface area contributed by atoms with Crippen LogP contribution in [0.1, 0.15) is 38.5 Å². The van der Waals surface area contributed by atoms with Crippen LogP contribution in [0.25, 0.3) is 0 Å². The van der Waals surface area contributed by atoms with Crippen LogP contribution in [0.4, 0.5) is 4.79 Å². The van der Waals surface area contributed by atoms with Crippen LogP contribution in [-0.4, -0.2) is 24.0 Å². The third kappa shape index (κ3) is 2.18. The first-order valence-corrected chi connectivity index (χ1v) is 7.16. The standard InChI is InChI=1S/C13H19ClN2O3/c1-19-11(18)16-15-10(17)12-3-8-2-9(4-12)6-13(14,5-8)7-12/h8-9H,2-7H2,1H3,(H,15,17)(H,16,18)/t8-,9-,12?,13?/m1/s1. The Morgan fingerprint density at radius 3 is 2.32 bits per heavy atom. The highest BCUT2D eigenvalue weighted by Crippen LogP contribution is 2.63. The Kier molecular flexibility index (Phi) is 2.93. The minimum Gasteiger partial charge on any atom is -0.452 e. The molecule has 4 bridgehead atoms. The maximum Gasteiger partial charge on any atom is 0.425 e. The Hall–Kier alpha value is -0.970. The number of rotatable bonds is 1. The SMILES string of the molecule is COC(=O)NNC(=O)C12C[C@H]3C[C@@H](CC(Cl)(C3)C1)C2. The van der Waals surface area contributed by atoms with Crippen molar-refractivity contribution in [3.63, 3.8) is 0 Å². The predicted molar refractivity (Wildman–Crippen MR) is 69.4 cm³/mol. The van der Waals surface area contributed by atoms with E-state index in [0.29, 0.717) is 11.8 Å². The van der Waals surface area contributed by atoms with Gasteiger partial charge in [0.05, 0.1) is 12.5 Å². The smallest absolute Gasteiger partial charge is 0.425 e. The fourth-order valence-electron chi connectivity index (χ4n) is 4.71. The number of amides is 2. The number of carbonyl (C=O) groups excluding carboxylic acids is 2. The highest BCUT2D eigenvalue weighted by molar-refractivity contribution is 6.24. The van der Waals surface area contributed by atoms with Crippen LogP contribution in [0.5, 0.6) is 0 Å². The molecule has 0 radical (unpaired) electrons. The Morgan fingerprint density at radius 1 is 1.16 bits per heavy atom. The quantitative estimate of drug-likeness (QED) is 0.572. The van der Waals surface area contributed by atoms with Gasteiger partial charge in [0.25, 0.3) is 0 Å². The highest BCUT2D eigenvalue weighted by Gasteiger charge is 2.60. The fraction of sp³-hybridized carbons (Fsp3) is 0.846. The molecule has 2 N–H and O–H groups in total. The van der Waals surface area contributed by atoms with Gasteiger partial charge in [-0.3, -0.25) is 10.2 Å². The largest absolute Gasteiger partial charge is 0.452 e. The van der Waals surface area contributed by atoms with Gasteiger partial charge in [-0.1, -0.05) is 0 Å². The Labute approximate surface area is 117 Å². The van der Waals surface area contributed by atoms with Crippen molar-refractivity contribution in [2.75, 3.05) is 7.11 Å². The summed E-state index contributed by atoms with van der Waals surface area (Å²) in [5, 5.41) is 0. The summed E-state index contributed by atoms with van der Waals surface area (Å²) in [6, 6.07) is 0. The molecule has 0 aromatic rings. The number of nitrogens with one attached hydrogen (secondary N) is 2. The number of carbonyl (C=O) groups is 2. The van der Waals surface area contributed by atoms with E-state index in [1.807, 2.05) is 0 Å². The van der Waals surface area contributed by atoms with Gasteiger partial charge in [0, 0.05) is 4.87 Å². The molecule has 4 saturated carbocycles. The van der Waals surface area contributed by atoms with Gasteiger partial charge in [-0.15, -0.1) is 11.6 Å². The molecule has 19 heavy (non-hydrogen) atoms. The van der Waals surface area contributed by atoms with Crippen LogP contribution in [0.15, 0.2) is 0 Å². The summed E-state index contributed by atoms with van der Waals surface area (Å²) >= 11 is 6.66. The number of ether oxygens (including phenoxy) is 1. The van der Waals surface area contributed by atoms with E-state index in [9.17, 15) is 9.59 Å². The number of hydrogen-bond acceptors (Lipinski definition) is 3. The number of hydrazine groups is 1. The van der Waals surface area contributed by atoms with Crippen molar-refractivity contribution >= 4 is 23.6 Å². The van der Waals surface area contributed by atoms with Crippen molar-refractivity contribution in [1.82, 2.24) is 10.9 Å². The van der Waals surface area contributed by atoms with Crippen molar-refractivity contribution in [1.29, 1.82) is 0 Å². The maximum atomic E-state index is 12.4. The molecule has 6 heteroatoms. The van der Waals surface area contributed by atoms with Crippen LogP contribution in [0.3, 0.4) is 0 Å². The van der Waals surface area contributed by atoms with E-state index in [0.717, 1.165) is 32.1 Å². The van der Waals surface area contributed by atoms with Gasteiger partial charge < -0.3 is 4.74 Å². The van der Waals surface area contributed by atoms with Crippen LogP contribution in [0, 0.1) is 17.3 Å². The molecule has 4 fully saturated rings. The predicted octanol–water partition coefficient (Wildman–Crippen LogP) is 1.95. The monoisotopic (exact) mass is 286 g/mol. The number of methoxy groups -OCH3 is 1. The van der Waals surface area contributed by atoms with E-state index in [-0.39, 0.29) is 10.8 Å². The van der Waals surface area contributed by atoms with Crippen LogP contribution in [-0.2, 0) is 9.53 Å². The Morgan fingerprint density at radius 2 is 1.79 bits per heavy atom. The maximum absolute atomic E-state index is 12.4. The van der Waals surface area contributed by atoms with Gasteiger partial charge in [0.2, 0.25) is 5.91 Å². The van der Waals surface area contributed by atoms with E-state index >= 15 is 0 Å². The van der Waals surface area contributed by atoms with Crippen molar-refractivity contribution in [2.24, 2.45) is 17.3 Å². The summed E-state index contributed by atoms with van der Waals surface area (Å²) < 4.78 is 4.45. The lowest BCUT2D eigenvalue weighted by Crippen LogP contribution is -2.60. The first-order chi connectivity index (χ1) is 8.95. The van der Waals surface area contributed by atoms with Crippen molar-refractivity contribution < 1.29 is 14.3 Å². The first-order valence-electron chi connectivity index (χ1n) is 6.78. The first kappa shape index (κ1) is 13.0. The summed E-state index contributed by atoms with van der Waals surface area (Å²) in [4.78, 5) is 23.2. The number of alkyl halides is 1. The molecular weight excluding hydrogens is 268 g/mol. The summed E-state index contributed by atoms with van der Waals surface area (Å²) in [5.74, 6) is 1.00. The van der Waals surface area contributed by atoms with Gasteiger partial charge >= 0.3 is 6.09 Å². The van der Waals surface area contributed by atoms with Crippen molar-refractivity contribution in [3.8, 4) is 0 Å². The minimum atomic E-state index is -0.654. The average molecular weight is 287 g/mol. The molecular formula is C13H19ClN2O3. The van der Waals surface area contributed by atoms with Crippen LogP contribution < -0.4 is 10.9 Å². The van der Waals surface area contributed by atoms with Gasteiger partial charge in [-0.05, 0) is 50.4 Å². The van der Waals surface area contributed by atoms with E-state index < -0.39 is 11.5 Å². The van der Waals surface area contributed by atoms with E-state index in [2.05, 4.69) is 15.6 Å². The van der Waals surface area contributed by atoms with E-state index in [1.165, 1.54) is 13.5 Å². The summed E-state index contributed by atoms with van der Waals surface area (Å²) in [5.41, 5.74) is 4.36. The Bertz CT molecular complexity index is 412. The molecule has 2 atom stereocenters. The second-order valence-corrected chi connectivity index (χ2v) is 7.26. The molecule has 106 valence electrons. The zero-order chi connectivity index (χ0) is 13.7. The topological polar surface area (TPSA) is 67.4 Å². The molecule has 4 aliphatic rings. The second-order valence-electron chi connectivity index (χ2n) is 6.46. The molecule has 2 amide bonds. The molecule has 0 saturated heterocycles. The van der Waals surface area contributed by atoms with Gasteiger partial charge in [-0.2, -0.15) is 0 Å². The lowest BCUT2D eigenvalue weighted by molar-refractivity contribution is -0.145. The average Bonchev–Trinajstić information content (AvgIpc) is 2.32. The van der Waals surface area contributed by atoms with Gasteiger partial charge in [-0.25, -0.2) is 10.2 Å². The molecule has 0 unspecified atom stereocenters. The third-order valence-electron chi connectivity index (χ3n) is 4.93. The number of halogens is 1. The molecule has 0 spiro atoms. The van der Waals surface area contributed by atoms with Gasteiger partial charge in [0.1, 0.15) is 0 Å². The summed E-state index contributed by atoms with van der Waals surface area (Å²) in [7, 11) is 1.26. The molecule has 5 nitrogen and oxygen atoms in total. The molecule has 0 aromatic carbocycles. The normalized spacial score (nSPS) is 42.8. The summed E-state index contributed by atoms with van der Waals surface area (Å²) in [6.45, 7) is 0.